The molecule has 0 heterocycles. The summed E-state index contributed by atoms with van der Waals surface area (Å²) in [6.45, 7) is 27.2. The average Bonchev–Trinajstić information content (AvgIpc) is 2.99. The van der Waals surface area contributed by atoms with Crippen LogP contribution in [0.1, 0.15) is 132 Å². The number of nitrogens with one attached hydrogen (secondary N) is 1. The van der Waals surface area contributed by atoms with Crippen molar-refractivity contribution in [3.63, 3.8) is 0 Å². The third-order valence-electron chi connectivity index (χ3n) is 9.29. The Kier molecular flexibility index (Phi) is 15.7. The van der Waals surface area contributed by atoms with Crippen LogP contribution in [-0.4, -0.2) is 37.7 Å². The minimum Gasteiger partial charge on any atom is -0.543 e. The Hall–Kier alpha value is -2.35. The Bertz CT molecular complexity index is 1340. The maximum absolute atomic E-state index is 15.0. The van der Waals surface area contributed by atoms with E-state index in [2.05, 4.69) is 58.4 Å². The van der Waals surface area contributed by atoms with E-state index in [1.807, 2.05) is 13.0 Å². The Morgan fingerprint density at radius 3 is 2.10 bits per heavy atom. The molecular weight excluding hydrogens is 641 g/mol. The average molecular weight is 706 g/mol. The molecule has 48 heavy (non-hydrogen) atoms. The molecule has 0 aromatic heterocycles. The molecule has 1 N–H and O–H groups in total. The summed E-state index contributed by atoms with van der Waals surface area (Å²) in [6.07, 6.45) is 6.97. The Morgan fingerprint density at radius 2 is 1.58 bits per heavy atom. The van der Waals surface area contributed by atoms with Gasteiger partial charge >= 0.3 is 19.2 Å². The number of allylic oxidation sites excluding steroid dienone is 3. The van der Waals surface area contributed by atoms with Gasteiger partial charge in [0.05, 0.1) is 12.2 Å². The van der Waals surface area contributed by atoms with E-state index in [4.69, 9.17) is 18.4 Å². The first-order valence-electron chi connectivity index (χ1n) is 18.1. The molecule has 10 heteroatoms. The third-order valence-corrected chi connectivity index (χ3v) is 15.7. The lowest BCUT2D eigenvalue weighted by Gasteiger charge is -2.37. The number of benzene rings is 1. The zero-order chi connectivity index (χ0) is 36.4. The van der Waals surface area contributed by atoms with Gasteiger partial charge < -0.3 is 18.4 Å². The van der Waals surface area contributed by atoms with Gasteiger partial charge in [-0.3, -0.25) is 4.79 Å². The fourth-order valence-electron chi connectivity index (χ4n) is 6.26. The highest BCUT2D eigenvalue weighted by Crippen LogP contribution is 2.54. The molecule has 1 aromatic rings. The van der Waals surface area contributed by atoms with Gasteiger partial charge in [-0.05, 0) is 123 Å². The maximum Gasteiger partial charge on any atom is 0.424 e. The van der Waals surface area contributed by atoms with Crippen LogP contribution in [0.2, 0.25) is 18.1 Å². The first kappa shape index (κ1) is 41.8. The molecule has 1 unspecified atom stereocenters. The van der Waals surface area contributed by atoms with Gasteiger partial charge in [-0.1, -0.05) is 64.3 Å². The van der Waals surface area contributed by atoms with Crippen LogP contribution < -0.4 is 14.0 Å². The summed E-state index contributed by atoms with van der Waals surface area (Å²) in [5, 5.41) is 2.79. The standard InChI is InChI=1S/C38H64NO7PSi/c1-14-18-19-20-30-24-33(45-47(42,37(41)44-28(9)10)39-38(12,13)36(40)43-27(7)8)35(32-23-29(11)21-22-31(32)26(5)6)34(25-30)46-48(15-2,16-3)17-4/h23-25,27-28,31-32H,5,14-22H2,1-4,6-13H3,(H,39,42)/t31-,32+,47?/m0/s1. The number of unbranched alkanes of at least 4 members (excludes halogenated alkanes) is 2. The summed E-state index contributed by atoms with van der Waals surface area (Å²) in [5.41, 5.74) is 1.42. The molecule has 0 aliphatic heterocycles. The number of ether oxygens (including phenoxy) is 2. The molecule has 272 valence electrons. The Balaban J connectivity index is 2.99. The first-order valence-corrected chi connectivity index (χ1v) is 22.2. The smallest absolute Gasteiger partial charge is 0.424 e. The molecule has 1 aliphatic carbocycles. The zero-order valence-corrected chi connectivity index (χ0v) is 33.8. The molecule has 0 saturated heterocycles. The molecule has 0 radical (unpaired) electrons. The van der Waals surface area contributed by atoms with Crippen molar-refractivity contribution >= 4 is 27.5 Å². The van der Waals surface area contributed by atoms with Gasteiger partial charge in [0.25, 0.3) is 0 Å². The summed E-state index contributed by atoms with van der Waals surface area (Å²) in [4.78, 5) is 27.0. The highest BCUT2D eigenvalue weighted by molar-refractivity contribution is 7.74. The quantitative estimate of drug-likeness (QED) is 0.0499. The largest absolute Gasteiger partial charge is 0.543 e. The van der Waals surface area contributed by atoms with Gasteiger partial charge in [0.1, 0.15) is 17.0 Å². The van der Waals surface area contributed by atoms with Crippen LogP contribution in [0.5, 0.6) is 11.5 Å². The Labute approximate surface area is 292 Å². The van der Waals surface area contributed by atoms with Crippen molar-refractivity contribution in [2.24, 2.45) is 5.92 Å². The predicted octanol–water partition coefficient (Wildman–Crippen LogP) is 11.3. The van der Waals surface area contributed by atoms with E-state index in [-0.39, 0.29) is 11.8 Å². The fourth-order valence-corrected chi connectivity index (χ4v) is 10.6. The molecule has 0 saturated carbocycles. The van der Waals surface area contributed by atoms with Crippen LogP contribution in [-0.2, 0) is 25.3 Å². The third kappa shape index (κ3) is 11.1. The summed E-state index contributed by atoms with van der Waals surface area (Å²) < 4.78 is 39.7. The van der Waals surface area contributed by atoms with Crippen LogP contribution in [0, 0.1) is 5.92 Å². The van der Waals surface area contributed by atoms with Gasteiger partial charge in [0, 0.05) is 11.5 Å². The monoisotopic (exact) mass is 705 g/mol. The molecular formula is C38H64NO7PSi. The molecule has 0 amide bonds. The lowest BCUT2D eigenvalue weighted by atomic mass is 9.73. The first-order chi connectivity index (χ1) is 22.4. The second-order valence-electron chi connectivity index (χ2n) is 14.6. The normalized spacial score (nSPS) is 18.2. The van der Waals surface area contributed by atoms with Crippen molar-refractivity contribution in [2.75, 3.05) is 0 Å². The van der Waals surface area contributed by atoms with Crippen molar-refractivity contribution in [3.8, 4) is 11.5 Å². The molecule has 1 aliphatic rings. The minimum atomic E-state index is -4.58. The number of esters is 1. The number of aryl methyl sites for hydroxylation is 1. The van der Waals surface area contributed by atoms with Crippen LogP contribution >= 0.6 is 7.52 Å². The van der Waals surface area contributed by atoms with Gasteiger partial charge in [0.2, 0.25) is 8.32 Å². The molecule has 0 fully saturated rings. The van der Waals surface area contributed by atoms with Crippen LogP contribution in [0.25, 0.3) is 0 Å². The molecule has 1 aromatic carbocycles. The fraction of sp³-hybridized carbons (Fsp3) is 0.684. The zero-order valence-electron chi connectivity index (χ0n) is 31.9. The highest BCUT2D eigenvalue weighted by Gasteiger charge is 2.47. The van der Waals surface area contributed by atoms with E-state index in [1.54, 1.807) is 27.7 Å². The van der Waals surface area contributed by atoms with Crippen molar-refractivity contribution in [1.82, 2.24) is 5.09 Å². The lowest BCUT2D eigenvalue weighted by molar-refractivity contribution is -0.153. The van der Waals surface area contributed by atoms with E-state index < -0.39 is 45.3 Å². The van der Waals surface area contributed by atoms with E-state index in [0.717, 1.165) is 79.1 Å². The van der Waals surface area contributed by atoms with E-state index in [0.29, 0.717) is 5.75 Å². The van der Waals surface area contributed by atoms with Crippen molar-refractivity contribution < 1.29 is 32.6 Å². The predicted molar refractivity (Wildman–Crippen MR) is 200 cm³/mol. The number of hydrogen-bond acceptors (Lipinski definition) is 7. The van der Waals surface area contributed by atoms with Crippen molar-refractivity contribution in [3.05, 3.63) is 47.1 Å². The van der Waals surface area contributed by atoms with Gasteiger partial charge in [-0.15, -0.1) is 0 Å². The molecule has 3 atom stereocenters. The van der Waals surface area contributed by atoms with Gasteiger partial charge in [-0.25, -0.2) is 14.4 Å². The molecule has 8 nitrogen and oxygen atoms in total. The summed E-state index contributed by atoms with van der Waals surface area (Å²) >= 11 is 0. The summed E-state index contributed by atoms with van der Waals surface area (Å²) in [6, 6.07) is 6.86. The lowest BCUT2D eigenvalue weighted by Crippen LogP contribution is -2.48. The van der Waals surface area contributed by atoms with Gasteiger partial charge in [-0.2, -0.15) is 0 Å². The van der Waals surface area contributed by atoms with E-state index >= 15 is 0 Å². The topological polar surface area (TPSA) is 100 Å². The van der Waals surface area contributed by atoms with Gasteiger partial charge in [0.15, 0.2) is 0 Å². The number of rotatable bonds is 19. The Morgan fingerprint density at radius 1 is 1.00 bits per heavy atom. The van der Waals surface area contributed by atoms with Crippen LogP contribution in [0.3, 0.4) is 0 Å². The maximum atomic E-state index is 15.0. The number of carbonyl (C=O) groups excluding carboxylic acids is 2. The molecule has 0 bridgehead atoms. The number of carbonyl (C=O) groups is 2. The highest BCUT2D eigenvalue weighted by atomic mass is 31.2. The second-order valence-corrected chi connectivity index (χ2v) is 21.2. The van der Waals surface area contributed by atoms with Crippen molar-refractivity contribution in [1.29, 1.82) is 0 Å². The second kappa shape index (κ2) is 18.0. The minimum absolute atomic E-state index is 0.0812. The SMILES string of the molecule is C=C(C)[C@@H]1CCC(C)=C[C@H]1c1c(O[Si](CC)(CC)CC)cc(CCCCC)cc1OP(=O)(NC(C)(C)C(=O)OC(C)C)C(=O)OC(C)C. The molecule has 0 spiro atoms. The molecule has 2 rings (SSSR count). The van der Waals surface area contributed by atoms with E-state index in [1.165, 1.54) is 19.4 Å². The summed E-state index contributed by atoms with van der Waals surface area (Å²) in [5.74, 6) is 0.265. The van der Waals surface area contributed by atoms with Crippen LogP contribution in [0.15, 0.2) is 35.9 Å². The van der Waals surface area contributed by atoms with E-state index in [9.17, 15) is 14.2 Å². The summed E-state index contributed by atoms with van der Waals surface area (Å²) in [7, 11) is -6.80. The van der Waals surface area contributed by atoms with Crippen molar-refractivity contribution in [2.45, 2.75) is 163 Å². The van der Waals surface area contributed by atoms with Crippen LogP contribution in [0.4, 0.5) is 4.79 Å². The number of hydrogen-bond donors (Lipinski definition) is 1.